The van der Waals surface area contributed by atoms with Crippen LogP contribution in [0.2, 0.25) is 0 Å². The molecule has 3 amide bonds. The Labute approximate surface area is 164 Å². The zero-order valence-electron chi connectivity index (χ0n) is 14.6. The lowest BCUT2D eigenvalue weighted by Crippen LogP contribution is -2.43. The van der Waals surface area contributed by atoms with Gasteiger partial charge >= 0.3 is 0 Å². The number of hydrogen-bond donors (Lipinski definition) is 2. The number of benzene rings is 2. The van der Waals surface area contributed by atoms with Gasteiger partial charge in [-0.05, 0) is 42.9 Å². The van der Waals surface area contributed by atoms with E-state index in [-0.39, 0.29) is 27.6 Å². The van der Waals surface area contributed by atoms with Gasteiger partial charge in [-0.2, -0.15) is 0 Å². The molecule has 28 heavy (non-hydrogen) atoms. The van der Waals surface area contributed by atoms with E-state index in [1.807, 2.05) is 0 Å². The maximum Gasteiger partial charge on any atom is 0.292 e. The topological polar surface area (TPSA) is 122 Å². The summed E-state index contributed by atoms with van der Waals surface area (Å²) in [6.45, 7) is 1.18. The average molecular weight is 398 g/mol. The summed E-state index contributed by atoms with van der Waals surface area (Å²) >= 11 is 5.01. The van der Waals surface area contributed by atoms with Crippen molar-refractivity contribution in [1.29, 1.82) is 0 Å². The Morgan fingerprint density at radius 2 is 1.75 bits per heavy atom. The number of nitrogens with one attached hydrogen (secondary N) is 2. The summed E-state index contributed by atoms with van der Waals surface area (Å²) in [4.78, 5) is 48.1. The predicted molar refractivity (Wildman–Crippen MR) is 104 cm³/mol. The fourth-order valence-electron chi connectivity index (χ4n) is 2.74. The Balaban J connectivity index is 1.65. The van der Waals surface area contributed by atoms with Crippen LogP contribution in [-0.4, -0.2) is 39.2 Å². The number of thiocarbonyl (C=S) groups is 1. The fraction of sp³-hybridized carbons (Fsp3) is 0.111. The molecule has 1 heterocycles. The van der Waals surface area contributed by atoms with E-state index in [2.05, 4.69) is 10.6 Å². The van der Waals surface area contributed by atoms with Gasteiger partial charge in [-0.15, -0.1) is 0 Å². The zero-order valence-corrected chi connectivity index (χ0v) is 15.4. The van der Waals surface area contributed by atoms with Crippen molar-refractivity contribution in [1.82, 2.24) is 10.2 Å². The third kappa shape index (κ3) is 3.71. The molecule has 0 aromatic heterocycles. The second-order valence-corrected chi connectivity index (χ2v) is 6.43. The lowest BCUT2D eigenvalue weighted by molar-refractivity contribution is -0.383. The molecule has 1 aliphatic rings. The number of nitrogens with zero attached hydrogens (tertiary/aromatic N) is 2. The van der Waals surface area contributed by atoms with E-state index >= 15 is 0 Å². The van der Waals surface area contributed by atoms with Crippen molar-refractivity contribution in [3.05, 3.63) is 69.3 Å². The number of anilines is 1. The van der Waals surface area contributed by atoms with Crippen molar-refractivity contribution in [3.63, 3.8) is 0 Å². The van der Waals surface area contributed by atoms with Gasteiger partial charge in [-0.25, -0.2) is 0 Å². The summed E-state index contributed by atoms with van der Waals surface area (Å²) in [6.07, 6.45) is 0. The number of nitro benzene ring substituents is 1. The normalized spacial score (nSPS) is 12.5. The Hall–Kier alpha value is -3.66. The molecule has 2 N–H and O–H groups in total. The van der Waals surface area contributed by atoms with E-state index in [1.165, 1.54) is 24.3 Å². The van der Waals surface area contributed by atoms with E-state index in [1.54, 1.807) is 25.1 Å². The van der Waals surface area contributed by atoms with Crippen LogP contribution in [0, 0.1) is 17.0 Å². The van der Waals surface area contributed by atoms with Crippen molar-refractivity contribution >= 4 is 46.4 Å². The second kappa shape index (κ2) is 7.53. The molecule has 3 rings (SSSR count). The standard InChI is InChI=1S/C18H14N4O5S/c1-10-6-7-13(14(8-10)22(26)27)19-18(28)20-15(23)9-21-16(24)11-4-2-3-5-12(11)17(21)25/h2-8H,9H2,1H3,(H2,19,20,23,28). The maximum atomic E-state index is 12.3. The first-order chi connectivity index (χ1) is 13.3. The average Bonchev–Trinajstić information content (AvgIpc) is 2.88. The molecular weight excluding hydrogens is 384 g/mol. The van der Waals surface area contributed by atoms with Crippen LogP contribution in [0.15, 0.2) is 42.5 Å². The molecule has 0 bridgehead atoms. The van der Waals surface area contributed by atoms with Crippen LogP contribution in [0.1, 0.15) is 26.3 Å². The largest absolute Gasteiger partial charge is 0.327 e. The Morgan fingerprint density at radius 1 is 1.14 bits per heavy atom. The summed E-state index contributed by atoms with van der Waals surface area (Å²) in [5.41, 5.74) is 1.07. The van der Waals surface area contributed by atoms with Gasteiger partial charge in [0.05, 0.1) is 16.1 Å². The van der Waals surface area contributed by atoms with Gasteiger partial charge in [0, 0.05) is 6.07 Å². The number of aryl methyl sites for hydroxylation is 1. The molecule has 142 valence electrons. The summed E-state index contributed by atoms with van der Waals surface area (Å²) in [5, 5.41) is 15.9. The maximum absolute atomic E-state index is 12.3. The highest BCUT2D eigenvalue weighted by molar-refractivity contribution is 7.80. The summed E-state index contributed by atoms with van der Waals surface area (Å²) < 4.78 is 0. The second-order valence-electron chi connectivity index (χ2n) is 6.02. The highest BCUT2D eigenvalue weighted by Gasteiger charge is 2.36. The monoisotopic (exact) mass is 398 g/mol. The molecule has 0 radical (unpaired) electrons. The van der Waals surface area contributed by atoms with E-state index in [0.717, 1.165) is 4.90 Å². The van der Waals surface area contributed by atoms with E-state index in [4.69, 9.17) is 12.2 Å². The number of nitro groups is 1. The van der Waals surface area contributed by atoms with Gasteiger partial charge in [0.1, 0.15) is 12.2 Å². The van der Waals surface area contributed by atoms with E-state index in [9.17, 15) is 24.5 Å². The lowest BCUT2D eigenvalue weighted by Gasteiger charge is -2.14. The van der Waals surface area contributed by atoms with Crippen LogP contribution < -0.4 is 10.6 Å². The molecule has 0 aliphatic carbocycles. The highest BCUT2D eigenvalue weighted by atomic mass is 32.1. The number of carbonyl (C=O) groups excluding carboxylic acids is 3. The number of rotatable bonds is 4. The number of carbonyl (C=O) groups is 3. The van der Waals surface area contributed by atoms with Crippen LogP contribution in [0.5, 0.6) is 0 Å². The van der Waals surface area contributed by atoms with Crippen molar-refractivity contribution in [3.8, 4) is 0 Å². The minimum atomic E-state index is -0.707. The summed E-state index contributed by atoms with van der Waals surface area (Å²) in [6, 6.07) is 10.8. The Kier molecular flexibility index (Phi) is 5.14. The molecule has 0 unspecified atom stereocenters. The minimum absolute atomic E-state index is 0.113. The van der Waals surface area contributed by atoms with E-state index in [0.29, 0.717) is 5.56 Å². The Bertz CT molecular complexity index is 1000. The third-order valence-corrected chi connectivity index (χ3v) is 4.24. The first kappa shape index (κ1) is 19.1. The van der Waals surface area contributed by atoms with Crippen molar-refractivity contribution in [2.45, 2.75) is 6.92 Å². The first-order valence-electron chi connectivity index (χ1n) is 8.09. The first-order valence-corrected chi connectivity index (χ1v) is 8.50. The van der Waals surface area contributed by atoms with E-state index < -0.39 is 29.2 Å². The number of imide groups is 1. The molecule has 0 spiro atoms. The van der Waals surface area contributed by atoms with Gasteiger partial charge in [0.25, 0.3) is 17.5 Å². The molecule has 1 aliphatic heterocycles. The molecule has 9 nitrogen and oxygen atoms in total. The molecule has 2 aromatic rings. The van der Waals surface area contributed by atoms with Gasteiger partial charge in [-0.3, -0.25) is 29.4 Å². The molecule has 0 fully saturated rings. The molecular formula is C18H14N4O5S. The van der Waals surface area contributed by atoms with Crippen LogP contribution in [0.4, 0.5) is 11.4 Å². The van der Waals surface area contributed by atoms with Gasteiger partial charge in [-0.1, -0.05) is 18.2 Å². The number of amides is 3. The summed E-state index contributed by atoms with van der Waals surface area (Å²) in [5.74, 6) is -1.84. The quantitative estimate of drug-likeness (QED) is 0.350. The van der Waals surface area contributed by atoms with Crippen LogP contribution >= 0.6 is 12.2 Å². The van der Waals surface area contributed by atoms with Gasteiger partial charge < -0.3 is 10.6 Å². The van der Waals surface area contributed by atoms with Gasteiger partial charge in [0.15, 0.2) is 5.11 Å². The number of fused-ring (bicyclic) bond motifs is 1. The number of hydrogen-bond acceptors (Lipinski definition) is 6. The SMILES string of the molecule is Cc1ccc(NC(=S)NC(=O)CN2C(=O)c3ccccc3C2=O)c([N+](=O)[O-])c1. The van der Waals surface area contributed by atoms with Crippen molar-refractivity contribution in [2.24, 2.45) is 0 Å². The highest BCUT2D eigenvalue weighted by Crippen LogP contribution is 2.25. The molecule has 10 heteroatoms. The fourth-order valence-corrected chi connectivity index (χ4v) is 2.97. The predicted octanol–water partition coefficient (Wildman–Crippen LogP) is 2.01. The van der Waals surface area contributed by atoms with Crippen LogP contribution in [0.3, 0.4) is 0 Å². The van der Waals surface area contributed by atoms with Crippen LogP contribution in [0.25, 0.3) is 0 Å². The smallest absolute Gasteiger partial charge is 0.292 e. The lowest BCUT2D eigenvalue weighted by atomic mass is 10.1. The van der Waals surface area contributed by atoms with Crippen molar-refractivity contribution in [2.75, 3.05) is 11.9 Å². The zero-order chi connectivity index (χ0) is 20.4. The molecule has 2 aromatic carbocycles. The van der Waals surface area contributed by atoms with Crippen molar-refractivity contribution < 1.29 is 19.3 Å². The van der Waals surface area contributed by atoms with Crippen LogP contribution in [-0.2, 0) is 4.79 Å². The van der Waals surface area contributed by atoms with Gasteiger partial charge in [0.2, 0.25) is 5.91 Å². The molecule has 0 saturated heterocycles. The Morgan fingerprint density at radius 3 is 2.32 bits per heavy atom. The third-order valence-electron chi connectivity index (χ3n) is 4.03. The summed E-state index contributed by atoms with van der Waals surface area (Å²) in [7, 11) is 0. The molecule has 0 atom stereocenters. The minimum Gasteiger partial charge on any atom is -0.327 e. The molecule has 0 saturated carbocycles.